The highest BCUT2D eigenvalue weighted by atomic mass is 16.5. The average molecular weight is 432 g/mol. The highest BCUT2D eigenvalue weighted by molar-refractivity contribution is 5.88. The van der Waals surface area contributed by atoms with Crippen LogP contribution in [0.25, 0.3) is 0 Å². The van der Waals surface area contributed by atoms with E-state index in [2.05, 4.69) is 24.5 Å². The molecule has 4 atom stereocenters. The molecule has 0 bridgehead atoms. The second kappa shape index (κ2) is 10.6. The van der Waals surface area contributed by atoms with Crippen molar-refractivity contribution in [3.8, 4) is 0 Å². The third kappa shape index (κ3) is 5.97. The Kier molecular flexibility index (Phi) is 7.90. The van der Waals surface area contributed by atoms with Gasteiger partial charge < -0.3 is 25.0 Å². The monoisotopic (exact) mass is 431 g/mol. The second-order valence-corrected chi connectivity index (χ2v) is 8.61. The van der Waals surface area contributed by atoms with Crippen LogP contribution in [-0.2, 0) is 25.7 Å². The van der Waals surface area contributed by atoms with Crippen LogP contribution >= 0.6 is 0 Å². The molecule has 1 heterocycles. The van der Waals surface area contributed by atoms with Gasteiger partial charge in [-0.3, -0.25) is 9.59 Å². The van der Waals surface area contributed by atoms with Crippen molar-refractivity contribution in [3.05, 3.63) is 35.9 Å². The van der Waals surface area contributed by atoms with Crippen LogP contribution in [-0.4, -0.2) is 60.7 Å². The topological polar surface area (TPSA) is 97.0 Å². The summed E-state index contributed by atoms with van der Waals surface area (Å²) in [5.74, 6) is -0.819. The molecular formula is C23H33N3O5. The molecule has 1 aromatic carbocycles. The second-order valence-electron chi connectivity index (χ2n) is 8.61. The first-order chi connectivity index (χ1) is 14.9. The minimum absolute atomic E-state index is 0.147. The number of esters is 1. The van der Waals surface area contributed by atoms with Crippen LogP contribution < -0.4 is 10.6 Å². The number of amides is 2. The Morgan fingerprint density at radius 2 is 1.90 bits per heavy atom. The smallest absolute Gasteiger partial charge is 0.408 e. The highest BCUT2D eigenvalue weighted by Gasteiger charge is 2.45. The predicted octanol–water partition coefficient (Wildman–Crippen LogP) is 2.22. The number of ether oxygens (including phenoxy) is 2. The van der Waals surface area contributed by atoms with Crippen LogP contribution in [0, 0.1) is 5.92 Å². The summed E-state index contributed by atoms with van der Waals surface area (Å²) in [5.41, 5.74) is 0.879. The predicted molar refractivity (Wildman–Crippen MR) is 115 cm³/mol. The van der Waals surface area contributed by atoms with Gasteiger partial charge in [0.15, 0.2) is 0 Å². The van der Waals surface area contributed by atoms with E-state index >= 15 is 0 Å². The number of rotatable bonds is 7. The lowest BCUT2D eigenvalue weighted by Crippen LogP contribution is -2.53. The molecule has 1 aliphatic heterocycles. The van der Waals surface area contributed by atoms with E-state index < -0.39 is 12.1 Å². The van der Waals surface area contributed by atoms with Gasteiger partial charge in [0.2, 0.25) is 5.91 Å². The Hall–Kier alpha value is -2.61. The van der Waals surface area contributed by atoms with Crippen molar-refractivity contribution < 1.29 is 23.9 Å². The number of alkyl carbamates (subject to hydrolysis) is 1. The molecule has 1 saturated heterocycles. The lowest BCUT2D eigenvalue weighted by atomic mass is 9.80. The maximum Gasteiger partial charge on any atom is 0.408 e. The van der Waals surface area contributed by atoms with Crippen molar-refractivity contribution in [1.29, 1.82) is 0 Å². The van der Waals surface area contributed by atoms with Gasteiger partial charge >= 0.3 is 12.1 Å². The summed E-state index contributed by atoms with van der Waals surface area (Å²) in [7, 11) is 1.39. The summed E-state index contributed by atoms with van der Waals surface area (Å²) in [6.45, 7) is 4.81. The fraction of sp³-hybridized carbons (Fsp3) is 0.609. The van der Waals surface area contributed by atoms with Gasteiger partial charge in [0.1, 0.15) is 12.6 Å². The van der Waals surface area contributed by atoms with Crippen molar-refractivity contribution >= 4 is 18.0 Å². The number of nitrogens with one attached hydrogen (secondary N) is 2. The van der Waals surface area contributed by atoms with Crippen molar-refractivity contribution in [2.75, 3.05) is 13.7 Å². The zero-order valence-electron chi connectivity index (χ0n) is 18.5. The first-order valence-electron chi connectivity index (χ1n) is 11.0. The van der Waals surface area contributed by atoms with Crippen molar-refractivity contribution in [2.24, 2.45) is 5.92 Å². The summed E-state index contributed by atoms with van der Waals surface area (Å²) in [6.07, 6.45) is 2.13. The van der Waals surface area contributed by atoms with Crippen LogP contribution in [0.1, 0.15) is 45.1 Å². The van der Waals surface area contributed by atoms with E-state index in [0.29, 0.717) is 25.4 Å². The number of carbonyl (C=O) groups is 3. The fourth-order valence-electron chi connectivity index (χ4n) is 4.63. The van der Waals surface area contributed by atoms with Crippen molar-refractivity contribution in [2.45, 2.75) is 70.3 Å². The highest BCUT2D eigenvalue weighted by Crippen LogP contribution is 2.32. The number of methoxy groups -OCH3 is 1. The molecule has 3 unspecified atom stereocenters. The van der Waals surface area contributed by atoms with Crippen molar-refractivity contribution in [3.63, 3.8) is 0 Å². The molecule has 1 aromatic rings. The molecule has 31 heavy (non-hydrogen) atoms. The third-order valence-electron chi connectivity index (χ3n) is 6.03. The Morgan fingerprint density at radius 3 is 2.58 bits per heavy atom. The Balaban J connectivity index is 1.57. The Labute approximate surface area is 183 Å². The normalized spacial score (nSPS) is 26.1. The summed E-state index contributed by atoms with van der Waals surface area (Å²) >= 11 is 0. The number of carbonyl (C=O) groups excluding carboxylic acids is 3. The van der Waals surface area contributed by atoms with Crippen LogP contribution in [0.4, 0.5) is 4.79 Å². The number of nitrogens with zero attached hydrogens (tertiary/aromatic N) is 1. The molecule has 0 aromatic heterocycles. The fourth-order valence-corrected chi connectivity index (χ4v) is 4.63. The lowest BCUT2D eigenvalue weighted by molar-refractivity contribution is -0.151. The van der Waals surface area contributed by atoms with E-state index in [1.807, 2.05) is 30.3 Å². The lowest BCUT2D eigenvalue weighted by Gasteiger charge is -2.40. The molecule has 1 aliphatic carbocycles. The summed E-state index contributed by atoms with van der Waals surface area (Å²) in [6, 6.07) is 9.08. The van der Waals surface area contributed by atoms with Crippen LogP contribution in [0.5, 0.6) is 0 Å². The van der Waals surface area contributed by atoms with E-state index in [1.165, 1.54) is 7.11 Å². The van der Waals surface area contributed by atoms with Gasteiger partial charge in [0, 0.05) is 24.7 Å². The summed E-state index contributed by atoms with van der Waals surface area (Å²) in [4.78, 5) is 39.4. The van der Waals surface area contributed by atoms with Gasteiger partial charge in [0.25, 0.3) is 0 Å². The molecule has 8 nitrogen and oxygen atoms in total. The SMILES string of the molecule is COC(=O)C1CC(NC(C)C)CCC1N1CC[C@H](NC(=O)OCc2ccccc2)C1=O. The number of hydrogen-bond donors (Lipinski definition) is 2. The van der Waals surface area contributed by atoms with Crippen LogP contribution in [0.2, 0.25) is 0 Å². The zero-order valence-corrected chi connectivity index (χ0v) is 18.5. The van der Waals surface area contributed by atoms with E-state index in [9.17, 15) is 14.4 Å². The largest absolute Gasteiger partial charge is 0.469 e. The maximum absolute atomic E-state index is 13.0. The standard InChI is InChI=1S/C23H33N3O5/c1-15(2)24-17-9-10-20(18(13-17)22(28)30-3)26-12-11-19(21(26)27)25-23(29)31-14-16-7-5-4-6-8-16/h4-8,15,17-20,24H,9-14H2,1-3H3,(H,25,29)/t17?,18?,19-,20?/m0/s1. The zero-order chi connectivity index (χ0) is 22.4. The number of likely N-dealkylation sites (tertiary alicyclic amines) is 1. The first-order valence-corrected chi connectivity index (χ1v) is 11.0. The molecular weight excluding hydrogens is 398 g/mol. The van der Waals surface area contributed by atoms with E-state index in [4.69, 9.17) is 9.47 Å². The van der Waals surface area contributed by atoms with E-state index in [1.54, 1.807) is 4.90 Å². The van der Waals surface area contributed by atoms with Gasteiger partial charge in [0.05, 0.1) is 13.0 Å². The van der Waals surface area contributed by atoms with Crippen LogP contribution in [0.3, 0.4) is 0 Å². The molecule has 1 saturated carbocycles. The number of hydrogen-bond acceptors (Lipinski definition) is 6. The summed E-state index contributed by atoms with van der Waals surface area (Å²) < 4.78 is 10.3. The maximum atomic E-state index is 13.0. The number of benzene rings is 1. The van der Waals surface area contributed by atoms with Crippen molar-refractivity contribution in [1.82, 2.24) is 15.5 Å². The third-order valence-corrected chi connectivity index (χ3v) is 6.03. The average Bonchev–Trinajstić information content (AvgIpc) is 3.12. The molecule has 8 heteroatoms. The Morgan fingerprint density at radius 1 is 1.16 bits per heavy atom. The first kappa shape index (κ1) is 23.1. The van der Waals surface area contributed by atoms with Gasteiger partial charge in [-0.25, -0.2) is 4.79 Å². The van der Waals surface area contributed by atoms with Crippen LogP contribution in [0.15, 0.2) is 30.3 Å². The molecule has 2 fully saturated rings. The van der Waals surface area contributed by atoms with Gasteiger partial charge in [-0.1, -0.05) is 44.2 Å². The molecule has 2 aliphatic rings. The molecule has 2 N–H and O–H groups in total. The molecule has 2 amide bonds. The molecule has 3 rings (SSSR count). The molecule has 0 spiro atoms. The van der Waals surface area contributed by atoms with Gasteiger partial charge in [-0.2, -0.15) is 0 Å². The minimum Gasteiger partial charge on any atom is -0.469 e. The quantitative estimate of drug-likeness (QED) is 0.643. The minimum atomic E-state index is -0.631. The van der Waals surface area contributed by atoms with Gasteiger partial charge in [-0.15, -0.1) is 0 Å². The van der Waals surface area contributed by atoms with E-state index in [-0.39, 0.29) is 36.5 Å². The van der Waals surface area contributed by atoms with E-state index in [0.717, 1.165) is 18.4 Å². The summed E-state index contributed by atoms with van der Waals surface area (Å²) in [5, 5.41) is 6.17. The van der Waals surface area contributed by atoms with Gasteiger partial charge in [-0.05, 0) is 31.2 Å². The molecule has 170 valence electrons. The Bertz CT molecular complexity index is 770. The molecule has 0 radical (unpaired) electrons.